The maximum absolute atomic E-state index is 11.6. The van der Waals surface area contributed by atoms with Crippen molar-refractivity contribution in [2.45, 2.75) is 26.4 Å². The van der Waals surface area contributed by atoms with Crippen molar-refractivity contribution in [3.8, 4) is 5.88 Å². The normalized spacial score (nSPS) is 11.8. The summed E-state index contributed by atoms with van der Waals surface area (Å²) in [5, 5.41) is 5.84. The van der Waals surface area contributed by atoms with Crippen molar-refractivity contribution in [1.82, 2.24) is 15.6 Å². The van der Waals surface area contributed by atoms with Gasteiger partial charge in [-0.25, -0.2) is 9.78 Å². The molecule has 1 rings (SSSR count). The maximum atomic E-state index is 11.6. The van der Waals surface area contributed by atoms with Crippen LogP contribution in [0.1, 0.15) is 26.3 Å². The molecule has 0 saturated carbocycles. The highest BCUT2D eigenvalue weighted by Gasteiger charge is 2.16. The van der Waals surface area contributed by atoms with Crippen LogP contribution < -0.4 is 15.4 Å². The number of carbonyl (C=O) groups is 1. The zero-order chi connectivity index (χ0) is 16.0. The van der Waals surface area contributed by atoms with Crippen LogP contribution in [0.15, 0.2) is 18.3 Å². The quantitative estimate of drug-likeness (QED) is 0.836. The van der Waals surface area contributed by atoms with E-state index in [9.17, 15) is 4.79 Å². The lowest BCUT2D eigenvalue weighted by Crippen LogP contribution is -2.30. The number of alkyl carbamates (subject to hydrolysis) is 1. The minimum atomic E-state index is -0.558. The van der Waals surface area contributed by atoms with Crippen LogP contribution in [0.5, 0.6) is 5.88 Å². The van der Waals surface area contributed by atoms with Gasteiger partial charge in [0, 0.05) is 13.2 Å². The molecule has 7 heteroatoms. The molecule has 6 nitrogen and oxygen atoms in total. The number of hydrogen-bond donors (Lipinski definition) is 2. The van der Waals surface area contributed by atoms with E-state index in [1.54, 1.807) is 40.0 Å². The van der Waals surface area contributed by atoms with Crippen molar-refractivity contribution >= 4 is 23.4 Å². The second-order valence-corrected chi connectivity index (χ2v) is 5.53. The lowest BCUT2D eigenvalue weighted by molar-refractivity contribution is 0.0552. The number of halogens is 1. The van der Waals surface area contributed by atoms with E-state index in [0.717, 1.165) is 0 Å². The molecular weight excluding hydrogens is 294 g/mol. The monoisotopic (exact) mass is 313 g/mol. The molecule has 0 atom stereocenters. The fourth-order valence-corrected chi connectivity index (χ4v) is 1.64. The predicted molar refractivity (Wildman–Crippen MR) is 82.2 cm³/mol. The average molecular weight is 314 g/mol. The fraction of sp³-hybridized carbons (Fsp3) is 0.429. The Balaban J connectivity index is 2.93. The first-order valence-corrected chi connectivity index (χ1v) is 6.73. The lowest BCUT2D eigenvalue weighted by Gasteiger charge is -2.19. The van der Waals surface area contributed by atoms with Gasteiger partial charge in [-0.3, -0.25) is 5.32 Å². The van der Waals surface area contributed by atoms with E-state index in [2.05, 4.69) is 15.6 Å². The van der Waals surface area contributed by atoms with Crippen LogP contribution in [0.2, 0.25) is 5.15 Å². The molecule has 1 aromatic rings. The number of hydrogen-bond acceptors (Lipinski definition) is 5. The second kappa shape index (κ2) is 7.17. The molecule has 0 saturated heterocycles. The van der Waals surface area contributed by atoms with Gasteiger partial charge in [-0.05, 0) is 32.9 Å². The Hall–Kier alpha value is -1.95. The molecule has 0 unspecified atom stereocenters. The topological polar surface area (TPSA) is 72.5 Å². The summed E-state index contributed by atoms with van der Waals surface area (Å²) in [6.07, 6.45) is 0.942. The largest absolute Gasteiger partial charge is 0.480 e. The number of pyridine rings is 1. The summed E-state index contributed by atoms with van der Waals surface area (Å²) in [6, 6.07) is 3.38. The molecule has 21 heavy (non-hydrogen) atoms. The van der Waals surface area contributed by atoms with E-state index in [1.807, 2.05) is 0 Å². The molecular formula is C14H20ClN3O3. The van der Waals surface area contributed by atoms with E-state index in [-0.39, 0.29) is 0 Å². The van der Waals surface area contributed by atoms with E-state index < -0.39 is 11.7 Å². The summed E-state index contributed by atoms with van der Waals surface area (Å²) in [5.41, 5.74) is 0.722. The van der Waals surface area contributed by atoms with Crippen LogP contribution in [-0.4, -0.2) is 30.8 Å². The third-order valence-electron chi connectivity index (χ3n) is 2.31. The lowest BCUT2D eigenvalue weighted by atomic mass is 10.2. The zero-order valence-corrected chi connectivity index (χ0v) is 13.5. The predicted octanol–water partition coefficient (Wildman–Crippen LogP) is 2.79. The van der Waals surface area contributed by atoms with E-state index >= 15 is 0 Å². The van der Waals surface area contributed by atoms with Gasteiger partial charge in [0.2, 0.25) is 5.88 Å². The summed E-state index contributed by atoms with van der Waals surface area (Å²) >= 11 is 5.82. The Morgan fingerprint density at radius 3 is 2.57 bits per heavy atom. The number of methoxy groups -OCH3 is 1. The van der Waals surface area contributed by atoms with E-state index in [1.165, 1.54) is 13.3 Å². The van der Waals surface area contributed by atoms with Crippen molar-refractivity contribution in [2.24, 2.45) is 0 Å². The molecule has 0 radical (unpaired) electrons. The molecule has 0 aliphatic heterocycles. The van der Waals surface area contributed by atoms with Gasteiger partial charge in [-0.15, -0.1) is 0 Å². The Morgan fingerprint density at radius 1 is 1.38 bits per heavy atom. The number of nitrogens with one attached hydrogen (secondary N) is 2. The summed E-state index contributed by atoms with van der Waals surface area (Å²) < 4.78 is 10.3. The average Bonchev–Trinajstić information content (AvgIpc) is 2.38. The van der Waals surface area contributed by atoms with Gasteiger partial charge in [-0.1, -0.05) is 11.6 Å². The third kappa shape index (κ3) is 5.51. The molecule has 0 aromatic carbocycles. The number of carbonyl (C=O) groups excluding carboxylic acids is 1. The minimum absolute atomic E-state index is 0.325. The van der Waals surface area contributed by atoms with Crippen molar-refractivity contribution in [2.75, 3.05) is 14.2 Å². The fourth-order valence-electron chi connectivity index (χ4n) is 1.50. The highest BCUT2D eigenvalue weighted by molar-refractivity contribution is 6.29. The molecule has 0 aliphatic carbocycles. The molecule has 0 fully saturated rings. The zero-order valence-electron chi connectivity index (χ0n) is 12.8. The molecule has 0 bridgehead atoms. The highest BCUT2D eigenvalue weighted by Crippen LogP contribution is 2.23. The van der Waals surface area contributed by atoms with Crippen molar-refractivity contribution in [1.29, 1.82) is 0 Å². The SMILES string of the molecule is CN/C(=C\NC(=O)OC(C)(C)C)c1ccc(Cl)nc1OC. The highest BCUT2D eigenvalue weighted by atomic mass is 35.5. The maximum Gasteiger partial charge on any atom is 0.411 e. The number of nitrogens with zero attached hydrogens (tertiary/aromatic N) is 1. The first-order chi connectivity index (χ1) is 9.76. The van der Waals surface area contributed by atoms with E-state index in [4.69, 9.17) is 21.1 Å². The standard InChI is InChI=1S/C14H20ClN3O3/c1-14(2,3)21-13(19)17-8-10(16-4)9-6-7-11(15)18-12(9)20-5/h6-8,16H,1-5H3,(H,17,19)/b10-8-. The Bertz CT molecular complexity index is 539. The third-order valence-corrected chi connectivity index (χ3v) is 2.52. The summed E-state index contributed by atoms with van der Waals surface area (Å²) in [6.45, 7) is 5.38. The Morgan fingerprint density at radius 2 is 2.05 bits per heavy atom. The van der Waals surface area contributed by atoms with Gasteiger partial charge in [0.25, 0.3) is 0 Å². The Kier molecular flexibility index (Phi) is 5.84. The van der Waals surface area contributed by atoms with Crippen molar-refractivity contribution in [3.63, 3.8) is 0 Å². The molecule has 1 amide bonds. The molecule has 1 heterocycles. The van der Waals surface area contributed by atoms with Crippen molar-refractivity contribution in [3.05, 3.63) is 29.0 Å². The molecule has 2 N–H and O–H groups in total. The van der Waals surface area contributed by atoms with Gasteiger partial charge < -0.3 is 14.8 Å². The van der Waals surface area contributed by atoms with Gasteiger partial charge in [-0.2, -0.15) is 0 Å². The minimum Gasteiger partial charge on any atom is -0.480 e. The smallest absolute Gasteiger partial charge is 0.411 e. The first kappa shape index (κ1) is 17.1. The summed E-state index contributed by atoms with van der Waals surface area (Å²) in [7, 11) is 3.22. The van der Waals surface area contributed by atoms with Gasteiger partial charge in [0.05, 0.1) is 18.4 Å². The summed E-state index contributed by atoms with van der Waals surface area (Å²) in [4.78, 5) is 15.7. The van der Waals surface area contributed by atoms with Crippen LogP contribution in [0, 0.1) is 0 Å². The van der Waals surface area contributed by atoms with Crippen LogP contribution in [0.3, 0.4) is 0 Å². The summed E-state index contributed by atoms with van der Waals surface area (Å²) in [5.74, 6) is 0.356. The van der Waals surface area contributed by atoms with Gasteiger partial charge in [0.15, 0.2) is 0 Å². The Labute approximate surface area is 129 Å². The van der Waals surface area contributed by atoms with Crippen LogP contribution in [0.25, 0.3) is 5.70 Å². The molecule has 0 spiro atoms. The number of aromatic nitrogens is 1. The second-order valence-electron chi connectivity index (χ2n) is 5.15. The van der Waals surface area contributed by atoms with Crippen LogP contribution in [0.4, 0.5) is 4.79 Å². The van der Waals surface area contributed by atoms with Crippen LogP contribution >= 0.6 is 11.6 Å². The first-order valence-electron chi connectivity index (χ1n) is 6.35. The van der Waals surface area contributed by atoms with Crippen LogP contribution in [-0.2, 0) is 4.74 Å². The van der Waals surface area contributed by atoms with E-state index in [0.29, 0.717) is 22.3 Å². The number of rotatable bonds is 4. The molecule has 0 aliphatic rings. The number of amides is 1. The van der Waals surface area contributed by atoms with Crippen molar-refractivity contribution < 1.29 is 14.3 Å². The van der Waals surface area contributed by atoms with Gasteiger partial charge in [0.1, 0.15) is 10.8 Å². The van der Waals surface area contributed by atoms with Gasteiger partial charge >= 0.3 is 6.09 Å². The number of ether oxygens (including phenoxy) is 2. The molecule has 116 valence electrons. The molecule has 1 aromatic heterocycles.